The van der Waals surface area contributed by atoms with Crippen LogP contribution < -0.4 is 5.32 Å². The standard InChI is InChI=1S/C24H27ClN6O2/c1-16-5-4-6-17(2)22(16)27-21(32)15-29-11-13-30(14-12-29)24(33)23-26-18(3)31(28-23)20-9-7-19(25)8-10-20/h4-10H,11-15H2,1-3H3,(H,27,32). The number of rotatable bonds is 5. The Bertz CT molecular complexity index is 1150. The van der Waals surface area contributed by atoms with Gasteiger partial charge in [0.2, 0.25) is 11.7 Å². The number of piperazine rings is 1. The highest BCUT2D eigenvalue weighted by Gasteiger charge is 2.26. The maximum absolute atomic E-state index is 13.0. The van der Waals surface area contributed by atoms with E-state index in [1.807, 2.05) is 51.1 Å². The van der Waals surface area contributed by atoms with Crippen molar-refractivity contribution in [1.82, 2.24) is 24.6 Å². The SMILES string of the molecule is Cc1cccc(C)c1NC(=O)CN1CCN(C(=O)c2nc(C)n(-c3ccc(Cl)cc3)n2)CC1. The Morgan fingerprint density at radius 2 is 1.61 bits per heavy atom. The minimum Gasteiger partial charge on any atom is -0.333 e. The third kappa shape index (κ3) is 5.23. The van der Waals surface area contributed by atoms with Gasteiger partial charge in [-0.25, -0.2) is 9.67 Å². The normalized spacial score (nSPS) is 14.4. The summed E-state index contributed by atoms with van der Waals surface area (Å²) < 4.78 is 1.64. The molecule has 2 heterocycles. The van der Waals surface area contributed by atoms with E-state index in [0.717, 1.165) is 22.5 Å². The van der Waals surface area contributed by atoms with Gasteiger partial charge < -0.3 is 10.2 Å². The zero-order chi connectivity index (χ0) is 23.5. The quantitative estimate of drug-likeness (QED) is 0.624. The molecule has 33 heavy (non-hydrogen) atoms. The van der Waals surface area contributed by atoms with E-state index in [1.165, 1.54) is 0 Å². The molecule has 2 aromatic carbocycles. The Labute approximate surface area is 198 Å². The lowest BCUT2D eigenvalue weighted by Crippen LogP contribution is -2.50. The number of nitrogens with zero attached hydrogens (tertiary/aromatic N) is 5. The maximum Gasteiger partial charge on any atom is 0.293 e. The van der Waals surface area contributed by atoms with Gasteiger partial charge in [-0.3, -0.25) is 14.5 Å². The number of hydrogen-bond acceptors (Lipinski definition) is 5. The number of carbonyl (C=O) groups is 2. The molecule has 4 rings (SSSR count). The number of carbonyl (C=O) groups excluding carboxylic acids is 2. The summed E-state index contributed by atoms with van der Waals surface area (Å²) in [6.45, 7) is 8.33. The molecule has 1 aliphatic heterocycles. The molecule has 1 saturated heterocycles. The van der Waals surface area contributed by atoms with Gasteiger partial charge in [-0.15, -0.1) is 5.10 Å². The van der Waals surface area contributed by atoms with E-state index in [-0.39, 0.29) is 17.6 Å². The summed E-state index contributed by atoms with van der Waals surface area (Å²) in [5, 5.41) is 8.06. The zero-order valence-electron chi connectivity index (χ0n) is 19.0. The first kappa shape index (κ1) is 22.9. The van der Waals surface area contributed by atoms with Crippen molar-refractivity contribution in [1.29, 1.82) is 0 Å². The Morgan fingerprint density at radius 3 is 2.24 bits per heavy atom. The van der Waals surface area contributed by atoms with E-state index in [9.17, 15) is 9.59 Å². The number of aryl methyl sites for hydroxylation is 3. The van der Waals surface area contributed by atoms with Crippen LogP contribution in [-0.2, 0) is 4.79 Å². The van der Waals surface area contributed by atoms with Crippen molar-refractivity contribution in [3.63, 3.8) is 0 Å². The number of benzene rings is 2. The number of para-hydroxylation sites is 1. The minimum atomic E-state index is -0.203. The van der Waals surface area contributed by atoms with Crippen LogP contribution in [0.5, 0.6) is 0 Å². The molecular formula is C24H27ClN6O2. The van der Waals surface area contributed by atoms with Crippen LogP contribution in [0.4, 0.5) is 5.69 Å². The van der Waals surface area contributed by atoms with Crippen LogP contribution in [0.3, 0.4) is 0 Å². The van der Waals surface area contributed by atoms with E-state index in [1.54, 1.807) is 21.7 Å². The van der Waals surface area contributed by atoms with Crippen LogP contribution in [0.25, 0.3) is 5.69 Å². The molecule has 0 aliphatic carbocycles. The molecule has 8 nitrogen and oxygen atoms in total. The fourth-order valence-corrected chi connectivity index (χ4v) is 4.08. The summed E-state index contributed by atoms with van der Waals surface area (Å²) in [6, 6.07) is 13.2. The molecule has 0 saturated carbocycles. The second-order valence-corrected chi connectivity index (χ2v) is 8.69. The smallest absolute Gasteiger partial charge is 0.293 e. The Hall–Kier alpha value is -3.23. The molecule has 1 N–H and O–H groups in total. The van der Waals surface area contributed by atoms with Gasteiger partial charge in [0.1, 0.15) is 5.82 Å². The first-order chi connectivity index (χ1) is 15.8. The van der Waals surface area contributed by atoms with E-state index in [0.29, 0.717) is 43.6 Å². The Morgan fingerprint density at radius 1 is 0.970 bits per heavy atom. The number of hydrogen-bond donors (Lipinski definition) is 1. The molecule has 0 atom stereocenters. The zero-order valence-corrected chi connectivity index (χ0v) is 19.8. The predicted octanol–water partition coefficient (Wildman–Crippen LogP) is 3.24. The van der Waals surface area contributed by atoms with Gasteiger partial charge in [0, 0.05) is 36.9 Å². The lowest BCUT2D eigenvalue weighted by molar-refractivity contribution is -0.117. The molecule has 3 aromatic rings. The van der Waals surface area contributed by atoms with Crippen LogP contribution in [0, 0.1) is 20.8 Å². The summed E-state index contributed by atoms with van der Waals surface area (Å²) in [7, 11) is 0. The van der Waals surface area contributed by atoms with Crippen LogP contribution in [0.15, 0.2) is 42.5 Å². The van der Waals surface area contributed by atoms with Crippen molar-refractivity contribution in [2.75, 3.05) is 38.0 Å². The fourth-order valence-electron chi connectivity index (χ4n) is 3.95. The average Bonchev–Trinajstić information content (AvgIpc) is 3.18. The highest BCUT2D eigenvalue weighted by Crippen LogP contribution is 2.19. The van der Waals surface area contributed by atoms with Gasteiger partial charge in [-0.2, -0.15) is 0 Å². The fraction of sp³-hybridized carbons (Fsp3) is 0.333. The van der Waals surface area contributed by atoms with Crippen LogP contribution in [0.2, 0.25) is 5.02 Å². The molecule has 0 radical (unpaired) electrons. The van der Waals surface area contributed by atoms with Crippen molar-refractivity contribution in [3.05, 3.63) is 70.3 Å². The first-order valence-electron chi connectivity index (χ1n) is 10.9. The van der Waals surface area contributed by atoms with Crippen molar-refractivity contribution in [2.24, 2.45) is 0 Å². The minimum absolute atomic E-state index is 0.0498. The molecule has 1 aromatic heterocycles. The van der Waals surface area contributed by atoms with E-state index >= 15 is 0 Å². The van der Waals surface area contributed by atoms with Crippen LogP contribution in [-0.4, -0.2) is 69.1 Å². The third-order valence-electron chi connectivity index (χ3n) is 5.80. The molecule has 0 spiro atoms. The Kier molecular flexibility index (Phi) is 6.76. The molecule has 0 bridgehead atoms. The highest BCUT2D eigenvalue weighted by atomic mass is 35.5. The summed E-state index contributed by atoms with van der Waals surface area (Å²) in [5.74, 6) is 0.544. The second-order valence-electron chi connectivity index (χ2n) is 8.25. The number of halogens is 1. The van der Waals surface area contributed by atoms with Crippen molar-refractivity contribution < 1.29 is 9.59 Å². The van der Waals surface area contributed by atoms with E-state index < -0.39 is 0 Å². The topological polar surface area (TPSA) is 83.4 Å². The first-order valence-corrected chi connectivity index (χ1v) is 11.3. The predicted molar refractivity (Wildman–Crippen MR) is 128 cm³/mol. The molecule has 0 unspecified atom stereocenters. The number of nitrogens with one attached hydrogen (secondary N) is 1. The van der Waals surface area contributed by atoms with Crippen molar-refractivity contribution >= 4 is 29.1 Å². The van der Waals surface area contributed by atoms with Crippen molar-refractivity contribution in [2.45, 2.75) is 20.8 Å². The molecule has 1 fully saturated rings. The lowest BCUT2D eigenvalue weighted by Gasteiger charge is -2.33. The number of amides is 2. The van der Waals surface area contributed by atoms with Gasteiger partial charge >= 0.3 is 0 Å². The molecule has 2 amide bonds. The van der Waals surface area contributed by atoms with Gasteiger partial charge in [-0.1, -0.05) is 29.8 Å². The molecule has 9 heteroatoms. The maximum atomic E-state index is 13.0. The van der Waals surface area contributed by atoms with Crippen molar-refractivity contribution in [3.8, 4) is 5.69 Å². The highest BCUT2D eigenvalue weighted by molar-refractivity contribution is 6.30. The van der Waals surface area contributed by atoms with Crippen LogP contribution in [0.1, 0.15) is 27.6 Å². The van der Waals surface area contributed by atoms with Gasteiger partial charge in [0.25, 0.3) is 5.91 Å². The summed E-state index contributed by atoms with van der Waals surface area (Å²) >= 11 is 5.96. The summed E-state index contributed by atoms with van der Waals surface area (Å²) in [5.41, 5.74) is 3.75. The molecule has 172 valence electrons. The van der Waals surface area contributed by atoms with E-state index in [2.05, 4.69) is 20.3 Å². The second kappa shape index (κ2) is 9.72. The largest absolute Gasteiger partial charge is 0.333 e. The molecule has 1 aliphatic rings. The number of anilines is 1. The monoisotopic (exact) mass is 466 g/mol. The van der Waals surface area contributed by atoms with Gasteiger partial charge in [0.05, 0.1) is 12.2 Å². The summed E-state index contributed by atoms with van der Waals surface area (Å²) in [4.78, 5) is 33.7. The third-order valence-corrected chi connectivity index (χ3v) is 6.06. The lowest BCUT2D eigenvalue weighted by atomic mass is 10.1. The average molecular weight is 467 g/mol. The van der Waals surface area contributed by atoms with Gasteiger partial charge in [-0.05, 0) is 56.2 Å². The Balaban J connectivity index is 1.33. The van der Waals surface area contributed by atoms with Gasteiger partial charge in [0.15, 0.2) is 0 Å². The molecular weight excluding hydrogens is 440 g/mol. The van der Waals surface area contributed by atoms with Crippen LogP contribution >= 0.6 is 11.6 Å². The van der Waals surface area contributed by atoms with E-state index in [4.69, 9.17) is 11.6 Å². The number of aromatic nitrogens is 3. The summed E-state index contributed by atoms with van der Waals surface area (Å²) in [6.07, 6.45) is 0.